The van der Waals surface area contributed by atoms with Crippen LogP contribution >= 0.6 is 0 Å². The zero-order chi connectivity index (χ0) is 23.0. The van der Waals surface area contributed by atoms with Gasteiger partial charge in [0.1, 0.15) is 11.6 Å². The highest BCUT2D eigenvalue weighted by Crippen LogP contribution is 2.28. The van der Waals surface area contributed by atoms with Gasteiger partial charge >= 0.3 is 0 Å². The lowest BCUT2D eigenvalue weighted by Gasteiger charge is -2.11. The molecule has 0 unspecified atom stereocenters. The van der Waals surface area contributed by atoms with Crippen molar-refractivity contribution in [3.8, 4) is 16.8 Å². The number of aromatic nitrogens is 3. The number of primary sulfonamides is 1. The molecule has 0 amide bonds. The lowest BCUT2D eigenvalue weighted by molar-refractivity contribution is 0.598. The summed E-state index contributed by atoms with van der Waals surface area (Å²) in [6.07, 6.45) is 1.62. The van der Waals surface area contributed by atoms with Gasteiger partial charge in [0.25, 0.3) is 0 Å². The Labute approximate surface area is 191 Å². The standard InChI is InChI=1S/C25H21N5O2S/c1-17-14-25(30(29-17)21-12-10-18-6-2-3-7-19(18)15-21)28-24-13-11-20(16-27-24)22-8-4-5-9-23(22)33(26,31)32/h2-16H,1H3,(H,27,28)(H2,26,31,32). The minimum Gasteiger partial charge on any atom is -0.325 e. The second-order valence-corrected chi connectivity index (χ2v) is 9.24. The van der Waals surface area contributed by atoms with Crippen molar-refractivity contribution >= 4 is 32.4 Å². The second-order valence-electron chi connectivity index (χ2n) is 7.71. The number of anilines is 2. The molecule has 3 aromatic carbocycles. The summed E-state index contributed by atoms with van der Waals surface area (Å²) in [5.74, 6) is 1.38. The highest BCUT2D eigenvalue weighted by atomic mass is 32.2. The second kappa shape index (κ2) is 8.16. The molecule has 5 aromatic rings. The average molecular weight is 456 g/mol. The summed E-state index contributed by atoms with van der Waals surface area (Å²) in [4.78, 5) is 4.55. The van der Waals surface area contributed by atoms with Gasteiger partial charge in [0.2, 0.25) is 10.0 Å². The number of nitrogens with one attached hydrogen (secondary N) is 1. The van der Waals surface area contributed by atoms with E-state index in [1.807, 2.05) is 41.9 Å². The number of pyridine rings is 1. The summed E-state index contributed by atoms with van der Waals surface area (Å²) in [5.41, 5.74) is 2.97. The van der Waals surface area contributed by atoms with Gasteiger partial charge in [-0.15, -0.1) is 0 Å². The predicted molar refractivity (Wildman–Crippen MR) is 130 cm³/mol. The molecule has 5 rings (SSSR count). The van der Waals surface area contributed by atoms with Crippen molar-refractivity contribution in [3.05, 3.63) is 96.8 Å². The van der Waals surface area contributed by atoms with Crippen LogP contribution in [0.5, 0.6) is 0 Å². The van der Waals surface area contributed by atoms with Gasteiger partial charge in [0, 0.05) is 23.4 Å². The van der Waals surface area contributed by atoms with E-state index in [9.17, 15) is 8.42 Å². The summed E-state index contributed by atoms with van der Waals surface area (Å²) in [7, 11) is -3.84. The van der Waals surface area contributed by atoms with E-state index in [0.29, 0.717) is 16.9 Å². The van der Waals surface area contributed by atoms with Gasteiger partial charge in [-0.05, 0) is 48.0 Å². The molecule has 3 N–H and O–H groups in total. The normalized spacial score (nSPS) is 11.6. The fourth-order valence-electron chi connectivity index (χ4n) is 3.81. The van der Waals surface area contributed by atoms with Gasteiger partial charge in [-0.25, -0.2) is 23.2 Å². The summed E-state index contributed by atoms with van der Waals surface area (Å²) >= 11 is 0. The number of hydrogen-bond acceptors (Lipinski definition) is 5. The molecule has 33 heavy (non-hydrogen) atoms. The molecule has 0 atom stereocenters. The van der Waals surface area contributed by atoms with Crippen LogP contribution in [0.3, 0.4) is 0 Å². The summed E-state index contributed by atoms with van der Waals surface area (Å²) in [6.45, 7) is 1.93. The number of hydrogen-bond donors (Lipinski definition) is 2. The Morgan fingerprint density at radius 3 is 2.39 bits per heavy atom. The lowest BCUT2D eigenvalue weighted by atomic mass is 10.1. The fraction of sp³-hybridized carbons (Fsp3) is 0.0400. The maximum absolute atomic E-state index is 11.9. The van der Waals surface area contributed by atoms with Gasteiger partial charge < -0.3 is 5.32 Å². The summed E-state index contributed by atoms with van der Waals surface area (Å²) in [6, 6.07) is 26.5. The third-order valence-electron chi connectivity index (χ3n) is 5.33. The number of benzene rings is 3. The molecule has 0 bridgehead atoms. The molecular weight excluding hydrogens is 434 g/mol. The van der Waals surface area contributed by atoms with Crippen LogP contribution in [0.2, 0.25) is 0 Å². The first-order valence-corrected chi connectivity index (χ1v) is 11.8. The van der Waals surface area contributed by atoms with Crippen molar-refractivity contribution in [3.63, 3.8) is 0 Å². The van der Waals surface area contributed by atoms with E-state index in [-0.39, 0.29) is 4.90 Å². The molecule has 7 nitrogen and oxygen atoms in total. The highest BCUT2D eigenvalue weighted by Gasteiger charge is 2.15. The van der Waals surface area contributed by atoms with Gasteiger partial charge in [0.15, 0.2) is 0 Å². The predicted octanol–water partition coefficient (Wildman–Crippen LogP) is 4.79. The zero-order valence-electron chi connectivity index (χ0n) is 17.8. The molecule has 0 saturated heterocycles. The molecule has 0 aliphatic rings. The van der Waals surface area contributed by atoms with E-state index in [1.165, 1.54) is 6.07 Å². The number of sulfonamides is 1. The molecule has 8 heteroatoms. The van der Waals surface area contributed by atoms with Crippen LogP contribution in [0.15, 0.2) is 96.0 Å². The zero-order valence-corrected chi connectivity index (χ0v) is 18.6. The Hall–Kier alpha value is -4.01. The molecule has 0 saturated carbocycles. The number of aryl methyl sites for hydroxylation is 1. The first-order chi connectivity index (χ1) is 15.9. The molecule has 0 aliphatic carbocycles. The first-order valence-electron chi connectivity index (χ1n) is 10.3. The van der Waals surface area contributed by atoms with E-state index < -0.39 is 10.0 Å². The first kappa shape index (κ1) is 20.9. The van der Waals surface area contributed by atoms with Gasteiger partial charge in [-0.3, -0.25) is 0 Å². The summed E-state index contributed by atoms with van der Waals surface area (Å²) in [5, 5.41) is 15.6. The Bertz CT molecular complexity index is 1570. The van der Waals surface area contributed by atoms with Crippen LogP contribution in [0.25, 0.3) is 27.6 Å². The van der Waals surface area contributed by atoms with Crippen LogP contribution in [0.4, 0.5) is 11.6 Å². The Kier molecular flexibility index (Phi) is 5.16. The van der Waals surface area contributed by atoms with Crippen LogP contribution in [-0.2, 0) is 10.0 Å². The molecule has 0 spiro atoms. The molecule has 0 radical (unpaired) electrons. The van der Waals surface area contributed by atoms with Crippen LogP contribution in [-0.4, -0.2) is 23.2 Å². The monoisotopic (exact) mass is 455 g/mol. The molecular formula is C25H21N5O2S. The lowest BCUT2D eigenvalue weighted by Crippen LogP contribution is -2.13. The SMILES string of the molecule is Cc1cc(Nc2ccc(-c3ccccc3S(N)(=O)=O)cn2)n(-c2ccc3ccccc3c2)n1. The maximum Gasteiger partial charge on any atom is 0.238 e. The van der Waals surface area contributed by atoms with Crippen molar-refractivity contribution in [1.29, 1.82) is 0 Å². The van der Waals surface area contributed by atoms with E-state index in [4.69, 9.17) is 5.14 Å². The van der Waals surface area contributed by atoms with E-state index in [2.05, 4.69) is 39.7 Å². The van der Waals surface area contributed by atoms with Gasteiger partial charge in [0.05, 0.1) is 16.3 Å². The fourth-order valence-corrected chi connectivity index (χ4v) is 4.57. The third kappa shape index (κ3) is 4.21. The van der Waals surface area contributed by atoms with Crippen LogP contribution < -0.4 is 10.5 Å². The number of fused-ring (bicyclic) bond motifs is 1. The van der Waals surface area contributed by atoms with Crippen LogP contribution in [0, 0.1) is 6.92 Å². The minimum atomic E-state index is -3.84. The quantitative estimate of drug-likeness (QED) is 0.397. The van der Waals surface area contributed by atoms with E-state index in [0.717, 1.165) is 28.0 Å². The molecule has 0 aliphatic heterocycles. The Balaban J connectivity index is 1.47. The Morgan fingerprint density at radius 2 is 1.64 bits per heavy atom. The van der Waals surface area contributed by atoms with Crippen molar-refractivity contribution < 1.29 is 8.42 Å². The molecule has 164 valence electrons. The van der Waals surface area contributed by atoms with E-state index in [1.54, 1.807) is 30.5 Å². The average Bonchev–Trinajstić information content (AvgIpc) is 3.18. The van der Waals surface area contributed by atoms with Gasteiger partial charge in [-0.1, -0.05) is 48.5 Å². The van der Waals surface area contributed by atoms with Crippen molar-refractivity contribution in [1.82, 2.24) is 14.8 Å². The number of nitrogens with zero attached hydrogens (tertiary/aromatic N) is 3. The van der Waals surface area contributed by atoms with Crippen molar-refractivity contribution in [2.75, 3.05) is 5.32 Å². The van der Waals surface area contributed by atoms with Crippen molar-refractivity contribution in [2.24, 2.45) is 5.14 Å². The van der Waals surface area contributed by atoms with Crippen molar-refractivity contribution in [2.45, 2.75) is 11.8 Å². The minimum absolute atomic E-state index is 0.0671. The smallest absolute Gasteiger partial charge is 0.238 e. The number of rotatable bonds is 5. The van der Waals surface area contributed by atoms with Gasteiger partial charge in [-0.2, -0.15) is 5.10 Å². The summed E-state index contributed by atoms with van der Waals surface area (Å²) < 4.78 is 25.7. The van der Waals surface area contributed by atoms with Crippen LogP contribution in [0.1, 0.15) is 5.69 Å². The topological polar surface area (TPSA) is 103 Å². The maximum atomic E-state index is 11.9. The molecule has 2 heterocycles. The number of nitrogens with two attached hydrogens (primary N) is 1. The molecule has 2 aromatic heterocycles. The highest BCUT2D eigenvalue weighted by molar-refractivity contribution is 7.89. The third-order valence-corrected chi connectivity index (χ3v) is 6.30. The largest absolute Gasteiger partial charge is 0.325 e. The Morgan fingerprint density at radius 1 is 0.879 bits per heavy atom. The van der Waals surface area contributed by atoms with E-state index >= 15 is 0 Å². The molecule has 0 fully saturated rings.